The SMILES string of the molecule is O=S(=O)(c1cccc(S(F)(F)(F)(F)F)c1)N1C2[C@@H]3CNC[C@@H]3[C@H]21. The Kier molecular flexibility index (Phi) is 2.50. The molecule has 130 valence electrons. The maximum absolute atomic E-state index is 12.9. The molecule has 2 aliphatic heterocycles. The first-order chi connectivity index (χ1) is 10.3. The fourth-order valence-corrected chi connectivity index (χ4v) is 6.45. The minimum atomic E-state index is -9.90. The zero-order chi connectivity index (χ0) is 16.9. The molecule has 23 heavy (non-hydrogen) atoms. The van der Waals surface area contributed by atoms with Gasteiger partial charge in [0, 0.05) is 12.1 Å². The Labute approximate surface area is 129 Å². The van der Waals surface area contributed by atoms with Crippen molar-refractivity contribution < 1.29 is 27.8 Å². The standard InChI is InChI=1S/C12H13F5N2O2S2/c13-23(14,15,16,17)8-3-1-2-7(4-8)22(20,21)19-11-9-5-18-6-10(9)12(11)19/h1-4,9-12,18H,5-6H2/t9-,10+,11+,12?,19?/m0/s1. The van der Waals surface area contributed by atoms with Crippen LogP contribution in [0.1, 0.15) is 0 Å². The molecule has 3 fully saturated rings. The minimum Gasteiger partial charge on any atom is -0.316 e. The van der Waals surface area contributed by atoms with E-state index < -0.39 is 30.0 Å². The van der Waals surface area contributed by atoms with Crippen LogP contribution >= 0.6 is 10.2 Å². The molecule has 4 nitrogen and oxygen atoms in total. The molecule has 0 aromatic heterocycles. The fraction of sp³-hybridized carbons (Fsp3) is 0.500. The summed E-state index contributed by atoms with van der Waals surface area (Å²) in [7, 11) is -14.1. The van der Waals surface area contributed by atoms with Crippen LogP contribution in [-0.4, -0.2) is 37.9 Å². The molecule has 0 radical (unpaired) electrons. The van der Waals surface area contributed by atoms with Crippen LogP contribution in [0.15, 0.2) is 34.1 Å². The highest BCUT2D eigenvalue weighted by Crippen LogP contribution is 3.02. The topological polar surface area (TPSA) is 49.2 Å². The number of benzene rings is 1. The van der Waals surface area contributed by atoms with Crippen LogP contribution in [0, 0.1) is 11.8 Å². The van der Waals surface area contributed by atoms with Crippen LogP contribution in [0.2, 0.25) is 0 Å². The second kappa shape index (κ2) is 3.68. The molecule has 0 amide bonds. The van der Waals surface area contributed by atoms with E-state index in [0.29, 0.717) is 19.2 Å². The summed E-state index contributed by atoms with van der Waals surface area (Å²) in [4.78, 5) is -2.91. The van der Waals surface area contributed by atoms with Gasteiger partial charge in [0.25, 0.3) is 0 Å². The van der Waals surface area contributed by atoms with Crippen molar-refractivity contribution in [2.45, 2.75) is 21.9 Å². The molecule has 4 rings (SSSR count). The lowest BCUT2D eigenvalue weighted by molar-refractivity contribution is 0.317. The van der Waals surface area contributed by atoms with Gasteiger partial charge < -0.3 is 5.32 Å². The molecule has 1 saturated carbocycles. The molecule has 2 unspecified atom stereocenters. The Morgan fingerprint density at radius 2 is 1.61 bits per heavy atom. The first-order valence-corrected chi connectivity index (χ1v) is 10.3. The largest absolute Gasteiger partial charge is 0.316 e. The van der Waals surface area contributed by atoms with Gasteiger partial charge in [0.15, 0.2) is 0 Å². The van der Waals surface area contributed by atoms with E-state index in [-0.39, 0.29) is 36.1 Å². The van der Waals surface area contributed by atoms with Crippen molar-refractivity contribution >= 4 is 20.2 Å². The summed E-state index contributed by atoms with van der Waals surface area (Å²) < 4.78 is 90.5. The smallest absolute Gasteiger partial charge is 0.310 e. The summed E-state index contributed by atoms with van der Waals surface area (Å²) in [6, 6.07) is 1.44. The van der Waals surface area contributed by atoms with E-state index in [2.05, 4.69) is 5.32 Å². The van der Waals surface area contributed by atoms with E-state index in [1.807, 2.05) is 0 Å². The number of hydrogen-bond donors (Lipinski definition) is 1. The quantitative estimate of drug-likeness (QED) is 0.652. The third-order valence-electron chi connectivity index (χ3n) is 4.86. The molecule has 2 heterocycles. The predicted molar refractivity (Wildman–Crippen MR) is 74.3 cm³/mol. The molecule has 1 N–H and O–H groups in total. The maximum Gasteiger partial charge on any atom is 0.310 e. The summed E-state index contributed by atoms with van der Waals surface area (Å²) >= 11 is 0. The molecule has 11 heteroatoms. The number of halogens is 5. The van der Waals surface area contributed by atoms with Crippen molar-refractivity contribution in [2.24, 2.45) is 11.8 Å². The van der Waals surface area contributed by atoms with Gasteiger partial charge in [-0.25, -0.2) is 8.42 Å². The van der Waals surface area contributed by atoms with Crippen molar-refractivity contribution in [3.05, 3.63) is 24.3 Å². The second-order valence-electron chi connectivity index (χ2n) is 6.25. The summed E-state index contributed by atoms with van der Waals surface area (Å²) in [5.74, 6) is 0.321. The molecule has 1 aromatic rings. The van der Waals surface area contributed by atoms with Gasteiger partial charge in [-0.05, 0) is 43.1 Å². The predicted octanol–water partition coefficient (Wildman–Crippen LogP) is 2.93. The number of sulfonamides is 1. The number of nitrogens with one attached hydrogen (secondary N) is 1. The van der Waals surface area contributed by atoms with Crippen LogP contribution in [0.25, 0.3) is 0 Å². The van der Waals surface area contributed by atoms with E-state index in [4.69, 9.17) is 0 Å². The average molecular weight is 376 g/mol. The van der Waals surface area contributed by atoms with Crippen molar-refractivity contribution in [1.82, 2.24) is 9.62 Å². The van der Waals surface area contributed by atoms with Gasteiger partial charge in [0.2, 0.25) is 10.0 Å². The molecule has 0 spiro atoms. The summed E-state index contributed by atoms with van der Waals surface area (Å²) in [6.07, 6.45) is 0. The van der Waals surface area contributed by atoms with Gasteiger partial charge in [0.1, 0.15) is 4.90 Å². The van der Waals surface area contributed by atoms with E-state index >= 15 is 0 Å². The fourth-order valence-electron chi connectivity index (χ4n) is 3.77. The maximum atomic E-state index is 12.9. The monoisotopic (exact) mass is 376 g/mol. The molecule has 1 aliphatic carbocycles. The Balaban J connectivity index is 1.70. The third-order valence-corrected chi connectivity index (χ3v) is 7.90. The molecular weight excluding hydrogens is 363 g/mol. The zero-order valence-corrected chi connectivity index (χ0v) is 13.1. The van der Waals surface area contributed by atoms with E-state index in [1.165, 1.54) is 0 Å². The Morgan fingerprint density at radius 1 is 1.04 bits per heavy atom. The van der Waals surface area contributed by atoms with Gasteiger partial charge in [0.05, 0.1) is 4.90 Å². The Bertz CT molecular complexity index is 795. The highest BCUT2D eigenvalue weighted by Gasteiger charge is 2.73. The summed E-state index contributed by atoms with van der Waals surface area (Å²) in [5, 5.41) is 3.13. The van der Waals surface area contributed by atoms with Gasteiger partial charge in [-0.1, -0.05) is 25.5 Å². The van der Waals surface area contributed by atoms with Gasteiger partial charge in [-0.3, -0.25) is 0 Å². The summed E-state index contributed by atoms with van der Waals surface area (Å²) in [6.45, 7) is 1.34. The molecule has 2 saturated heterocycles. The van der Waals surface area contributed by atoms with E-state index in [1.54, 1.807) is 0 Å². The molecule has 1 aromatic carbocycles. The van der Waals surface area contributed by atoms with Gasteiger partial charge >= 0.3 is 10.2 Å². The highest BCUT2D eigenvalue weighted by molar-refractivity contribution is 8.45. The van der Waals surface area contributed by atoms with E-state index in [9.17, 15) is 27.8 Å². The number of fused-ring (bicyclic) bond motifs is 4. The lowest BCUT2D eigenvalue weighted by atomic mass is 9.77. The molecule has 5 atom stereocenters. The Hall–Kier alpha value is -0.910. The number of rotatable bonds is 3. The van der Waals surface area contributed by atoms with Crippen LogP contribution in [0.5, 0.6) is 0 Å². The van der Waals surface area contributed by atoms with Crippen LogP contribution in [0.4, 0.5) is 19.4 Å². The minimum absolute atomic E-state index is 0.0443. The van der Waals surface area contributed by atoms with Crippen molar-refractivity contribution in [2.75, 3.05) is 13.1 Å². The number of nitrogens with zero attached hydrogens (tertiary/aromatic N) is 1. The average Bonchev–Trinajstić information content (AvgIpc) is 2.91. The summed E-state index contributed by atoms with van der Waals surface area (Å²) in [5.41, 5.74) is 0. The van der Waals surface area contributed by atoms with Crippen LogP contribution < -0.4 is 5.32 Å². The van der Waals surface area contributed by atoms with Crippen LogP contribution in [0.3, 0.4) is 0 Å². The first-order valence-electron chi connectivity index (χ1n) is 6.89. The zero-order valence-electron chi connectivity index (χ0n) is 11.5. The molecule has 3 aliphatic rings. The van der Waals surface area contributed by atoms with Crippen molar-refractivity contribution in [1.29, 1.82) is 0 Å². The van der Waals surface area contributed by atoms with Crippen LogP contribution in [-0.2, 0) is 10.0 Å². The first kappa shape index (κ1) is 15.6. The normalized spacial score (nSPS) is 38.7. The molecule has 0 bridgehead atoms. The van der Waals surface area contributed by atoms with Crippen molar-refractivity contribution in [3.63, 3.8) is 0 Å². The van der Waals surface area contributed by atoms with Gasteiger partial charge in [-0.2, -0.15) is 4.31 Å². The van der Waals surface area contributed by atoms with Gasteiger partial charge in [-0.15, -0.1) is 0 Å². The number of hydrogen-bond acceptors (Lipinski definition) is 3. The van der Waals surface area contributed by atoms with Crippen molar-refractivity contribution in [3.8, 4) is 0 Å². The third kappa shape index (κ3) is 2.20. The molecular formula is C12H13F5N2O2S2. The lowest BCUT2D eigenvalue weighted by Gasteiger charge is -2.40. The lowest BCUT2D eigenvalue weighted by Crippen LogP contribution is -2.34. The second-order valence-corrected chi connectivity index (χ2v) is 10.5. The Morgan fingerprint density at radius 3 is 2.13 bits per heavy atom. The highest BCUT2D eigenvalue weighted by atomic mass is 32.5. The van der Waals surface area contributed by atoms with E-state index in [0.717, 1.165) is 10.4 Å².